The summed E-state index contributed by atoms with van der Waals surface area (Å²) in [5.41, 5.74) is 0.752. The van der Waals surface area contributed by atoms with Crippen LogP contribution in [0.4, 0.5) is 0 Å². The molecule has 3 rings (SSSR count). The third-order valence-electron chi connectivity index (χ3n) is 3.63. The molecule has 22 heavy (non-hydrogen) atoms. The SMILES string of the molecule is OC(O)OC1(O)c2ccccc2OC(c2ccccc2)C1O. The van der Waals surface area contributed by atoms with E-state index in [1.54, 1.807) is 42.5 Å². The lowest BCUT2D eigenvalue weighted by molar-refractivity contribution is -0.386. The molecule has 2 aromatic rings. The van der Waals surface area contributed by atoms with E-state index in [9.17, 15) is 10.2 Å². The van der Waals surface area contributed by atoms with Gasteiger partial charge in [-0.25, -0.2) is 0 Å². The van der Waals surface area contributed by atoms with Gasteiger partial charge >= 0.3 is 0 Å². The van der Waals surface area contributed by atoms with Crippen molar-refractivity contribution < 1.29 is 29.9 Å². The van der Waals surface area contributed by atoms with Gasteiger partial charge in [-0.2, -0.15) is 0 Å². The number of hydrogen-bond acceptors (Lipinski definition) is 6. The Morgan fingerprint density at radius 3 is 2.32 bits per heavy atom. The molecule has 2 aromatic carbocycles. The monoisotopic (exact) mass is 304 g/mol. The molecular weight excluding hydrogens is 288 g/mol. The first-order valence-corrected chi connectivity index (χ1v) is 6.78. The summed E-state index contributed by atoms with van der Waals surface area (Å²) in [6.07, 6.45) is -2.47. The Kier molecular flexibility index (Phi) is 3.86. The molecule has 6 heteroatoms. The molecule has 116 valence electrons. The fourth-order valence-electron chi connectivity index (χ4n) is 2.62. The third kappa shape index (κ3) is 2.47. The van der Waals surface area contributed by atoms with E-state index in [0.29, 0.717) is 11.3 Å². The van der Waals surface area contributed by atoms with Gasteiger partial charge in [-0.3, -0.25) is 4.74 Å². The highest BCUT2D eigenvalue weighted by Gasteiger charge is 2.51. The Morgan fingerprint density at radius 2 is 1.64 bits per heavy atom. The average Bonchev–Trinajstić information content (AvgIpc) is 2.51. The summed E-state index contributed by atoms with van der Waals surface area (Å²) < 4.78 is 10.6. The van der Waals surface area contributed by atoms with Gasteiger partial charge in [0.2, 0.25) is 5.79 Å². The van der Waals surface area contributed by atoms with E-state index < -0.39 is 24.5 Å². The normalized spacial score (nSPS) is 27.3. The zero-order valence-corrected chi connectivity index (χ0v) is 11.5. The number of aliphatic hydroxyl groups is 4. The van der Waals surface area contributed by atoms with E-state index in [4.69, 9.17) is 19.7 Å². The van der Waals surface area contributed by atoms with Crippen LogP contribution in [0.25, 0.3) is 0 Å². The van der Waals surface area contributed by atoms with Crippen LogP contribution >= 0.6 is 0 Å². The van der Waals surface area contributed by atoms with E-state index in [2.05, 4.69) is 0 Å². The smallest absolute Gasteiger partial charge is 0.269 e. The highest BCUT2D eigenvalue weighted by molar-refractivity contribution is 5.41. The number of rotatable bonds is 3. The fourth-order valence-corrected chi connectivity index (χ4v) is 2.62. The van der Waals surface area contributed by atoms with E-state index in [1.165, 1.54) is 6.07 Å². The zero-order valence-electron chi connectivity index (χ0n) is 11.5. The van der Waals surface area contributed by atoms with Crippen LogP contribution < -0.4 is 4.74 Å². The largest absolute Gasteiger partial charge is 0.482 e. The Bertz CT molecular complexity index is 644. The Labute approximate surface area is 126 Å². The Balaban J connectivity index is 2.08. The van der Waals surface area contributed by atoms with Gasteiger partial charge in [-0.15, -0.1) is 0 Å². The van der Waals surface area contributed by atoms with Gasteiger partial charge in [0.1, 0.15) is 5.75 Å². The summed E-state index contributed by atoms with van der Waals surface area (Å²) in [7, 11) is 0. The van der Waals surface area contributed by atoms with Crippen molar-refractivity contribution in [2.45, 2.75) is 24.5 Å². The molecule has 0 aromatic heterocycles. The first kappa shape index (κ1) is 15.0. The van der Waals surface area contributed by atoms with Crippen LogP contribution in [-0.4, -0.2) is 33.0 Å². The second-order valence-corrected chi connectivity index (χ2v) is 5.03. The average molecular weight is 304 g/mol. The van der Waals surface area contributed by atoms with Crippen LogP contribution in [0.3, 0.4) is 0 Å². The molecule has 0 saturated carbocycles. The van der Waals surface area contributed by atoms with Gasteiger partial charge < -0.3 is 25.2 Å². The highest BCUT2D eigenvalue weighted by Crippen LogP contribution is 2.45. The molecule has 0 fully saturated rings. The molecule has 1 aliphatic rings. The summed E-state index contributed by atoms with van der Waals surface area (Å²) in [6.45, 7) is -2.25. The topological polar surface area (TPSA) is 99.4 Å². The van der Waals surface area contributed by atoms with Crippen molar-refractivity contribution in [1.82, 2.24) is 0 Å². The maximum atomic E-state index is 10.7. The zero-order chi connectivity index (χ0) is 15.7. The van der Waals surface area contributed by atoms with Gasteiger partial charge in [-0.05, 0) is 17.7 Å². The van der Waals surface area contributed by atoms with Crippen molar-refractivity contribution >= 4 is 0 Å². The first-order valence-electron chi connectivity index (χ1n) is 6.78. The number of fused-ring (bicyclic) bond motifs is 1. The lowest BCUT2D eigenvalue weighted by Gasteiger charge is -2.42. The number of aliphatic hydroxyl groups excluding tert-OH is 2. The molecule has 0 spiro atoms. The van der Waals surface area contributed by atoms with Gasteiger partial charge in [0.15, 0.2) is 12.2 Å². The summed E-state index contributed by atoms with van der Waals surface area (Å²) in [4.78, 5) is 0. The van der Waals surface area contributed by atoms with Crippen LogP contribution in [0.2, 0.25) is 0 Å². The van der Waals surface area contributed by atoms with Crippen LogP contribution in [-0.2, 0) is 10.5 Å². The summed E-state index contributed by atoms with van der Waals surface area (Å²) >= 11 is 0. The van der Waals surface area contributed by atoms with Crippen LogP contribution in [0.5, 0.6) is 5.75 Å². The second kappa shape index (κ2) is 5.68. The molecule has 0 aliphatic carbocycles. The minimum Gasteiger partial charge on any atom is -0.482 e. The van der Waals surface area contributed by atoms with Crippen molar-refractivity contribution in [3.8, 4) is 5.75 Å². The number of ether oxygens (including phenoxy) is 2. The molecule has 0 bridgehead atoms. The molecule has 1 aliphatic heterocycles. The Morgan fingerprint density at radius 1 is 1.00 bits per heavy atom. The predicted molar refractivity (Wildman–Crippen MR) is 75.5 cm³/mol. The number of hydrogen-bond donors (Lipinski definition) is 4. The van der Waals surface area contributed by atoms with Crippen LogP contribution in [0.1, 0.15) is 17.2 Å². The minimum atomic E-state index is -2.30. The first-order chi connectivity index (χ1) is 10.5. The highest BCUT2D eigenvalue weighted by atomic mass is 16.8. The van der Waals surface area contributed by atoms with Crippen molar-refractivity contribution in [2.24, 2.45) is 0 Å². The van der Waals surface area contributed by atoms with Crippen molar-refractivity contribution in [3.63, 3.8) is 0 Å². The van der Waals surface area contributed by atoms with E-state index >= 15 is 0 Å². The number of benzene rings is 2. The summed E-state index contributed by atoms with van der Waals surface area (Å²) in [5, 5.41) is 39.4. The van der Waals surface area contributed by atoms with Crippen molar-refractivity contribution in [2.75, 3.05) is 0 Å². The Hall–Kier alpha value is -1.96. The molecule has 3 unspecified atom stereocenters. The van der Waals surface area contributed by atoms with E-state index in [-0.39, 0.29) is 5.56 Å². The maximum absolute atomic E-state index is 10.7. The molecule has 1 heterocycles. The van der Waals surface area contributed by atoms with Gasteiger partial charge in [0, 0.05) is 0 Å². The van der Waals surface area contributed by atoms with Crippen LogP contribution in [0, 0.1) is 0 Å². The molecule has 0 saturated heterocycles. The van der Waals surface area contributed by atoms with E-state index in [0.717, 1.165) is 0 Å². The molecule has 6 nitrogen and oxygen atoms in total. The van der Waals surface area contributed by atoms with Crippen LogP contribution in [0.15, 0.2) is 54.6 Å². The standard InChI is InChI=1S/C16H16O6/c17-14-13(10-6-2-1-3-7-10)21-12-9-5-4-8-11(12)16(14,20)22-15(18)19/h1-9,13-15,17-20H. The predicted octanol–water partition coefficient (Wildman–Crippen LogP) is 0.611. The molecule has 4 N–H and O–H groups in total. The molecule has 3 atom stereocenters. The maximum Gasteiger partial charge on any atom is 0.269 e. The van der Waals surface area contributed by atoms with Gasteiger partial charge in [-0.1, -0.05) is 42.5 Å². The van der Waals surface area contributed by atoms with Gasteiger partial charge in [0.25, 0.3) is 6.48 Å². The second-order valence-electron chi connectivity index (χ2n) is 5.03. The fraction of sp³-hybridized carbons (Fsp3) is 0.250. The third-order valence-corrected chi connectivity index (χ3v) is 3.63. The molecular formula is C16H16O6. The molecule has 0 amide bonds. The lowest BCUT2D eigenvalue weighted by Crippen LogP contribution is -2.51. The van der Waals surface area contributed by atoms with Gasteiger partial charge in [0.05, 0.1) is 5.56 Å². The summed E-state index contributed by atoms with van der Waals surface area (Å²) in [6, 6.07) is 15.2. The molecule has 0 radical (unpaired) electrons. The lowest BCUT2D eigenvalue weighted by atomic mass is 9.89. The quantitative estimate of drug-likeness (QED) is 0.620. The van der Waals surface area contributed by atoms with E-state index in [1.807, 2.05) is 6.07 Å². The number of para-hydroxylation sites is 1. The van der Waals surface area contributed by atoms with Crippen molar-refractivity contribution in [1.29, 1.82) is 0 Å². The summed E-state index contributed by atoms with van der Waals surface area (Å²) in [5.74, 6) is -2.01. The minimum absolute atomic E-state index is 0.128. The van der Waals surface area contributed by atoms with Crippen molar-refractivity contribution in [3.05, 3.63) is 65.7 Å².